The number of ether oxygens (including phenoxy) is 4. The van der Waals surface area contributed by atoms with Gasteiger partial charge in [-0.2, -0.15) is 0 Å². The maximum Gasteiger partial charge on any atom is 0.513 e. The van der Waals surface area contributed by atoms with Crippen LogP contribution in [0.4, 0.5) is 9.59 Å². The molecule has 0 aromatic heterocycles. The van der Waals surface area contributed by atoms with Gasteiger partial charge in [-0.25, -0.2) is 14.4 Å². The van der Waals surface area contributed by atoms with Crippen molar-refractivity contribution in [2.75, 3.05) is 20.3 Å². The lowest BCUT2D eigenvalue weighted by Crippen LogP contribution is -2.30. The minimum Gasteiger partial charge on any atom is -0.432 e. The van der Waals surface area contributed by atoms with E-state index in [1.807, 2.05) is 0 Å². The molecule has 0 bridgehead atoms. The summed E-state index contributed by atoms with van der Waals surface area (Å²) in [6.45, 7) is 0.397. The molecular weight excluding hydrogens is 294 g/mol. The van der Waals surface area contributed by atoms with Gasteiger partial charge in [0.25, 0.3) is 0 Å². The molecular formula is C14H15NO7. The zero-order valence-corrected chi connectivity index (χ0v) is 11.9. The van der Waals surface area contributed by atoms with Gasteiger partial charge in [0.05, 0.1) is 6.61 Å². The third-order valence-electron chi connectivity index (χ3n) is 2.84. The van der Waals surface area contributed by atoms with E-state index in [0.29, 0.717) is 12.2 Å². The molecule has 1 heterocycles. The van der Waals surface area contributed by atoms with E-state index in [1.54, 1.807) is 24.3 Å². The Kier molecular flexibility index (Phi) is 5.31. The minimum absolute atomic E-state index is 0.108. The second kappa shape index (κ2) is 7.41. The molecule has 1 N–H and O–H groups in total. The van der Waals surface area contributed by atoms with E-state index in [1.165, 1.54) is 7.11 Å². The van der Waals surface area contributed by atoms with E-state index >= 15 is 0 Å². The van der Waals surface area contributed by atoms with E-state index in [-0.39, 0.29) is 13.2 Å². The molecule has 1 aliphatic rings. The van der Waals surface area contributed by atoms with Gasteiger partial charge in [0.1, 0.15) is 18.4 Å². The molecule has 0 spiro atoms. The summed E-state index contributed by atoms with van der Waals surface area (Å²) in [6, 6.07) is 5.79. The first-order chi connectivity index (χ1) is 10.6. The Balaban J connectivity index is 1.84. The Labute approximate surface area is 126 Å². The standard InChI is InChI=1S/C14H15NO7/c1-19-6-7-20-14(18)21-10-4-2-9(3-5-10)8-11-12(16)22-13(17)15-11/h2-5,11H,6-8H2,1H3,(H,15,17). The highest BCUT2D eigenvalue weighted by molar-refractivity contribution is 5.95. The quantitative estimate of drug-likeness (QED) is 0.362. The SMILES string of the molecule is COCCOC(=O)Oc1ccc(CC2NC(=O)OC2=O)cc1. The number of alkyl carbamates (subject to hydrolysis) is 1. The Bertz CT molecular complexity index is 555. The maximum absolute atomic E-state index is 11.3. The zero-order valence-electron chi connectivity index (χ0n) is 11.9. The molecule has 1 fully saturated rings. The fraction of sp³-hybridized carbons (Fsp3) is 0.357. The molecule has 1 saturated heterocycles. The van der Waals surface area contributed by atoms with Crippen LogP contribution >= 0.6 is 0 Å². The first-order valence-electron chi connectivity index (χ1n) is 6.53. The number of hydrogen-bond donors (Lipinski definition) is 1. The van der Waals surface area contributed by atoms with Crippen molar-refractivity contribution in [3.8, 4) is 5.75 Å². The number of carbonyl (C=O) groups is 3. The summed E-state index contributed by atoms with van der Waals surface area (Å²) >= 11 is 0. The van der Waals surface area contributed by atoms with Crippen LogP contribution in [0.5, 0.6) is 5.75 Å². The van der Waals surface area contributed by atoms with Crippen LogP contribution in [-0.4, -0.2) is 44.6 Å². The van der Waals surface area contributed by atoms with E-state index in [2.05, 4.69) is 10.1 Å². The van der Waals surface area contributed by atoms with Crippen LogP contribution in [0.15, 0.2) is 24.3 Å². The first-order valence-corrected chi connectivity index (χ1v) is 6.53. The summed E-state index contributed by atoms with van der Waals surface area (Å²) < 4.78 is 18.8. The highest BCUT2D eigenvalue weighted by Gasteiger charge is 2.32. The summed E-state index contributed by atoms with van der Waals surface area (Å²) in [7, 11) is 1.50. The summed E-state index contributed by atoms with van der Waals surface area (Å²) in [5.74, 6) is -0.295. The smallest absolute Gasteiger partial charge is 0.432 e. The summed E-state index contributed by atoms with van der Waals surface area (Å²) in [5.41, 5.74) is 0.782. The van der Waals surface area contributed by atoms with Crippen molar-refractivity contribution >= 4 is 18.2 Å². The monoisotopic (exact) mass is 309 g/mol. The second-order valence-corrected chi connectivity index (χ2v) is 4.45. The third kappa shape index (κ3) is 4.45. The lowest BCUT2D eigenvalue weighted by atomic mass is 10.1. The summed E-state index contributed by atoms with van der Waals surface area (Å²) in [5, 5.41) is 2.40. The van der Waals surface area contributed by atoms with Crippen LogP contribution in [0.2, 0.25) is 0 Å². The minimum atomic E-state index is -0.823. The second-order valence-electron chi connectivity index (χ2n) is 4.45. The summed E-state index contributed by atoms with van der Waals surface area (Å²) in [4.78, 5) is 33.5. The molecule has 1 atom stereocenters. The topological polar surface area (TPSA) is 100 Å². The number of methoxy groups -OCH3 is 1. The van der Waals surface area contributed by atoms with Gasteiger partial charge in [-0.3, -0.25) is 0 Å². The van der Waals surface area contributed by atoms with Crippen LogP contribution in [-0.2, 0) is 25.4 Å². The Morgan fingerprint density at radius 1 is 1.23 bits per heavy atom. The van der Waals surface area contributed by atoms with Crippen LogP contribution in [0, 0.1) is 0 Å². The van der Waals surface area contributed by atoms with Crippen LogP contribution in [0.3, 0.4) is 0 Å². The number of rotatable bonds is 6. The van der Waals surface area contributed by atoms with E-state index < -0.39 is 24.3 Å². The van der Waals surface area contributed by atoms with Gasteiger partial charge < -0.3 is 24.3 Å². The average Bonchev–Trinajstić information content (AvgIpc) is 2.79. The van der Waals surface area contributed by atoms with E-state index in [9.17, 15) is 14.4 Å². The summed E-state index contributed by atoms with van der Waals surface area (Å²) in [6.07, 6.45) is -1.27. The number of amides is 1. The fourth-order valence-electron chi connectivity index (χ4n) is 1.79. The molecule has 2 rings (SSSR count). The molecule has 1 aromatic carbocycles. The number of carbonyl (C=O) groups excluding carboxylic acids is 3. The highest BCUT2D eigenvalue weighted by Crippen LogP contribution is 2.15. The van der Waals surface area contributed by atoms with Crippen molar-refractivity contribution in [1.82, 2.24) is 5.32 Å². The maximum atomic E-state index is 11.3. The largest absolute Gasteiger partial charge is 0.513 e. The molecule has 0 radical (unpaired) electrons. The third-order valence-corrected chi connectivity index (χ3v) is 2.84. The molecule has 8 heteroatoms. The zero-order chi connectivity index (χ0) is 15.9. The van der Waals surface area contributed by atoms with Gasteiger partial charge in [-0.1, -0.05) is 12.1 Å². The van der Waals surface area contributed by atoms with E-state index in [4.69, 9.17) is 14.2 Å². The van der Waals surface area contributed by atoms with Crippen molar-refractivity contribution in [1.29, 1.82) is 0 Å². The van der Waals surface area contributed by atoms with Gasteiger partial charge in [-0.05, 0) is 17.7 Å². The lowest BCUT2D eigenvalue weighted by Gasteiger charge is -2.08. The van der Waals surface area contributed by atoms with Crippen LogP contribution < -0.4 is 10.1 Å². The predicted octanol–water partition coefficient (Wildman–Crippen LogP) is 1.03. The van der Waals surface area contributed by atoms with Gasteiger partial charge in [0.15, 0.2) is 0 Å². The number of hydrogen-bond acceptors (Lipinski definition) is 7. The molecule has 0 saturated carbocycles. The van der Waals surface area contributed by atoms with Gasteiger partial charge >= 0.3 is 18.2 Å². The lowest BCUT2D eigenvalue weighted by molar-refractivity contribution is -0.135. The van der Waals surface area contributed by atoms with Crippen molar-refractivity contribution in [3.63, 3.8) is 0 Å². The molecule has 8 nitrogen and oxygen atoms in total. The van der Waals surface area contributed by atoms with Gasteiger partial charge in [0.2, 0.25) is 0 Å². The van der Waals surface area contributed by atoms with Crippen molar-refractivity contribution < 1.29 is 33.3 Å². The van der Waals surface area contributed by atoms with Gasteiger partial charge in [-0.15, -0.1) is 0 Å². The molecule has 1 aromatic rings. The van der Waals surface area contributed by atoms with Crippen LogP contribution in [0.1, 0.15) is 5.56 Å². The van der Waals surface area contributed by atoms with Crippen LogP contribution in [0.25, 0.3) is 0 Å². The normalized spacial score (nSPS) is 16.9. The van der Waals surface area contributed by atoms with Crippen molar-refractivity contribution in [2.45, 2.75) is 12.5 Å². The molecule has 1 aliphatic heterocycles. The van der Waals surface area contributed by atoms with Crippen molar-refractivity contribution in [3.05, 3.63) is 29.8 Å². The number of benzene rings is 1. The Hall–Kier alpha value is -2.61. The van der Waals surface area contributed by atoms with Gasteiger partial charge in [0, 0.05) is 13.5 Å². The predicted molar refractivity (Wildman–Crippen MR) is 72.4 cm³/mol. The molecule has 118 valence electrons. The molecule has 1 amide bonds. The fourth-order valence-corrected chi connectivity index (χ4v) is 1.79. The first kappa shape index (κ1) is 15.8. The Morgan fingerprint density at radius 3 is 2.55 bits per heavy atom. The Morgan fingerprint density at radius 2 is 1.95 bits per heavy atom. The average molecular weight is 309 g/mol. The highest BCUT2D eigenvalue weighted by atomic mass is 16.7. The van der Waals surface area contributed by atoms with Crippen molar-refractivity contribution in [2.24, 2.45) is 0 Å². The number of esters is 1. The number of cyclic esters (lactones) is 2. The molecule has 0 aliphatic carbocycles. The molecule has 22 heavy (non-hydrogen) atoms. The van der Waals surface area contributed by atoms with E-state index in [0.717, 1.165) is 5.56 Å². The molecule has 1 unspecified atom stereocenters. The number of nitrogens with one attached hydrogen (secondary N) is 1.